The minimum Gasteiger partial charge on any atom is -0.487 e. The van der Waals surface area contributed by atoms with E-state index in [1.807, 2.05) is 0 Å². The van der Waals surface area contributed by atoms with E-state index in [4.69, 9.17) is 9.47 Å². The Bertz CT molecular complexity index is 719. The van der Waals surface area contributed by atoms with E-state index in [-0.39, 0.29) is 5.92 Å². The summed E-state index contributed by atoms with van der Waals surface area (Å²) in [7, 11) is 0. The van der Waals surface area contributed by atoms with Gasteiger partial charge in [-0.25, -0.2) is 0 Å². The van der Waals surface area contributed by atoms with Gasteiger partial charge in [-0.2, -0.15) is 0 Å². The van der Waals surface area contributed by atoms with Crippen LogP contribution in [0.25, 0.3) is 0 Å². The number of ether oxygens (including phenoxy) is 2. The van der Waals surface area contributed by atoms with Crippen LogP contribution >= 0.6 is 63.7 Å². The van der Waals surface area contributed by atoms with E-state index >= 15 is 0 Å². The van der Waals surface area contributed by atoms with E-state index in [0.717, 1.165) is 35.8 Å². The van der Waals surface area contributed by atoms with E-state index < -0.39 is 0 Å². The molecule has 0 amide bonds. The van der Waals surface area contributed by atoms with E-state index in [0.29, 0.717) is 13.2 Å². The van der Waals surface area contributed by atoms with Crippen LogP contribution in [0.5, 0.6) is 11.5 Å². The van der Waals surface area contributed by atoms with Gasteiger partial charge in [0.25, 0.3) is 0 Å². The van der Waals surface area contributed by atoms with Gasteiger partial charge in [0.2, 0.25) is 0 Å². The molecule has 0 atom stereocenters. The van der Waals surface area contributed by atoms with E-state index in [1.165, 1.54) is 11.1 Å². The van der Waals surface area contributed by atoms with Crippen LogP contribution in [0.4, 0.5) is 0 Å². The molecule has 0 aliphatic rings. The summed E-state index contributed by atoms with van der Waals surface area (Å²) in [4.78, 5) is 0. The molecule has 0 saturated carbocycles. The van der Waals surface area contributed by atoms with Gasteiger partial charge in [0.15, 0.2) is 0 Å². The molecule has 0 aromatic heterocycles. The molecule has 2 aromatic carbocycles. The summed E-state index contributed by atoms with van der Waals surface area (Å²) in [6.07, 6.45) is 4.41. The molecule has 0 aliphatic carbocycles. The normalized spacial score (nSPS) is 10.7. The molecule has 0 radical (unpaired) electrons. The second-order valence-electron chi connectivity index (χ2n) is 5.79. The third-order valence-corrected chi connectivity index (χ3v) is 6.30. The highest BCUT2D eigenvalue weighted by Gasteiger charge is 2.19. The van der Waals surface area contributed by atoms with Crippen LogP contribution in [0, 0.1) is 0 Å². The van der Waals surface area contributed by atoms with Gasteiger partial charge in [-0.05, 0) is 106 Å². The molecule has 27 heavy (non-hydrogen) atoms. The Morgan fingerprint density at radius 2 is 1.11 bits per heavy atom. The smallest absolute Gasteiger partial charge is 0.148 e. The zero-order chi connectivity index (χ0) is 20.0. The predicted molar refractivity (Wildman–Crippen MR) is 127 cm³/mol. The van der Waals surface area contributed by atoms with Crippen molar-refractivity contribution in [1.82, 2.24) is 0 Å². The lowest BCUT2D eigenvalue weighted by Gasteiger charge is -2.20. The largest absolute Gasteiger partial charge is 0.487 e. The Kier molecular flexibility index (Phi) is 9.12. The molecular weight excluding hydrogens is 604 g/mol. The van der Waals surface area contributed by atoms with Crippen LogP contribution in [0.2, 0.25) is 0 Å². The van der Waals surface area contributed by atoms with Crippen molar-refractivity contribution in [3.8, 4) is 11.5 Å². The molecule has 0 unspecified atom stereocenters. The van der Waals surface area contributed by atoms with Crippen molar-refractivity contribution < 1.29 is 9.47 Å². The standard InChI is InChI=1S/C21H20Br4O2/c1-4-7-26-20-16(22)9-13(10-17(20)23)15(6-3)14-11-18(24)21(19(25)12-14)27-8-5-2/h4-5,9-12,15H,1-2,6-8H2,3H3. The van der Waals surface area contributed by atoms with Crippen molar-refractivity contribution in [2.45, 2.75) is 19.3 Å². The predicted octanol–water partition coefficient (Wildman–Crippen LogP) is 8.41. The van der Waals surface area contributed by atoms with Crippen molar-refractivity contribution in [1.29, 1.82) is 0 Å². The second-order valence-corrected chi connectivity index (χ2v) is 9.20. The minimum atomic E-state index is 0.229. The first-order valence-electron chi connectivity index (χ1n) is 8.38. The fraction of sp³-hybridized carbons (Fsp3) is 0.238. The molecule has 144 valence electrons. The van der Waals surface area contributed by atoms with E-state index in [1.54, 1.807) is 12.2 Å². The van der Waals surface area contributed by atoms with Crippen LogP contribution in [-0.2, 0) is 0 Å². The summed E-state index contributed by atoms with van der Waals surface area (Å²) < 4.78 is 15.1. The molecule has 6 heteroatoms. The number of rotatable bonds is 9. The first-order chi connectivity index (χ1) is 12.9. The Labute approximate surface area is 194 Å². The van der Waals surface area contributed by atoms with Gasteiger partial charge in [-0.1, -0.05) is 32.2 Å². The van der Waals surface area contributed by atoms with Crippen LogP contribution < -0.4 is 9.47 Å². The summed E-state index contributed by atoms with van der Waals surface area (Å²) in [6.45, 7) is 10.5. The van der Waals surface area contributed by atoms with Gasteiger partial charge in [-0.3, -0.25) is 0 Å². The summed E-state index contributed by atoms with van der Waals surface area (Å²) in [5, 5.41) is 0. The lowest BCUT2D eigenvalue weighted by Crippen LogP contribution is -2.03. The maximum absolute atomic E-state index is 5.73. The van der Waals surface area contributed by atoms with Crippen molar-refractivity contribution in [3.63, 3.8) is 0 Å². The van der Waals surface area contributed by atoms with Gasteiger partial charge in [0.05, 0.1) is 17.9 Å². The number of halogens is 4. The monoisotopic (exact) mass is 620 g/mol. The van der Waals surface area contributed by atoms with Crippen LogP contribution in [0.15, 0.2) is 67.5 Å². The van der Waals surface area contributed by atoms with Crippen LogP contribution in [0.3, 0.4) is 0 Å². The summed E-state index contributed by atoms with van der Waals surface area (Å²) in [6, 6.07) is 8.45. The molecular formula is C21H20Br4O2. The SMILES string of the molecule is C=CCOc1c(Br)cc(C(CC)c2cc(Br)c(OCC=C)c(Br)c2)cc1Br. The maximum atomic E-state index is 5.73. The molecule has 2 nitrogen and oxygen atoms in total. The fourth-order valence-corrected chi connectivity index (χ4v) is 5.69. The third kappa shape index (κ3) is 5.72. The fourth-order valence-electron chi connectivity index (χ4n) is 2.79. The first kappa shape index (κ1) is 22.7. The molecule has 0 spiro atoms. The van der Waals surface area contributed by atoms with Gasteiger partial charge >= 0.3 is 0 Å². The van der Waals surface area contributed by atoms with Gasteiger partial charge < -0.3 is 9.47 Å². The summed E-state index contributed by atoms with van der Waals surface area (Å²) in [5.41, 5.74) is 2.39. The summed E-state index contributed by atoms with van der Waals surface area (Å²) in [5.74, 6) is 1.79. The van der Waals surface area contributed by atoms with Crippen molar-refractivity contribution in [3.05, 3.63) is 78.6 Å². The third-order valence-electron chi connectivity index (χ3n) is 3.95. The van der Waals surface area contributed by atoms with Crippen molar-refractivity contribution >= 4 is 63.7 Å². The minimum absolute atomic E-state index is 0.229. The van der Waals surface area contributed by atoms with E-state index in [2.05, 4.69) is 108 Å². The zero-order valence-corrected chi connectivity index (χ0v) is 21.2. The Morgan fingerprint density at radius 1 is 0.778 bits per heavy atom. The molecule has 2 rings (SSSR count). The van der Waals surface area contributed by atoms with Crippen molar-refractivity contribution in [2.75, 3.05) is 13.2 Å². The average Bonchev–Trinajstić information content (AvgIpc) is 2.61. The van der Waals surface area contributed by atoms with Gasteiger partial charge in [0, 0.05) is 5.92 Å². The first-order valence-corrected chi connectivity index (χ1v) is 11.5. The number of benzene rings is 2. The Hall–Kier alpha value is -0.560. The lowest BCUT2D eigenvalue weighted by molar-refractivity contribution is 0.358. The molecule has 0 fully saturated rings. The topological polar surface area (TPSA) is 18.5 Å². The average molecular weight is 624 g/mol. The lowest BCUT2D eigenvalue weighted by atomic mass is 9.89. The summed E-state index contributed by atoms with van der Waals surface area (Å²) >= 11 is 14.5. The molecule has 0 saturated heterocycles. The highest BCUT2D eigenvalue weighted by Crippen LogP contribution is 2.42. The highest BCUT2D eigenvalue weighted by molar-refractivity contribution is 9.11. The molecule has 0 heterocycles. The van der Waals surface area contributed by atoms with E-state index in [9.17, 15) is 0 Å². The zero-order valence-electron chi connectivity index (χ0n) is 14.9. The van der Waals surface area contributed by atoms with Crippen LogP contribution in [-0.4, -0.2) is 13.2 Å². The van der Waals surface area contributed by atoms with Gasteiger partial charge in [0.1, 0.15) is 24.7 Å². The molecule has 2 aromatic rings. The second kappa shape index (κ2) is 10.8. The highest BCUT2D eigenvalue weighted by atomic mass is 79.9. The van der Waals surface area contributed by atoms with Crippen LogP contribution in [0.1, 0.15) is 30.4 Å². The Morgan fingerprint density at radius 3 is 1.37 bits per heavy atom. The number of hydrogen-bond acceptors (Lipinski definition) is 2. The number of hydrogen-bond donors (Lipinski definition) is 0. The quantitative estimate of drug-likeness (QED) is 0.261. The van der Waals surface area contributed by atoms with Gasteiger partial charge in [-0.15, -0.1) is 0 Å². The van der Waals surface area contributed by atoms with Crippen molar-refractivity contribution in [2.24, 2.45) is 0 Å². The molecule has 0 bridgehead atoms. The maximum Gasteiger partial charge on any atom is 0.148 e. The molecule has 0 aliphatic heterocycles. The molecule has 0 N–H and O–H groups in total. The Balaban J connectivity index is 2.42.